The number of aromatic nitrogens is 2. The number of benzene rings is 1. The van der Waals surface area contributed by atoms with E-state index < -0.39 is 17.7 Å². The van der Waals surface area contributed by atoms with Gasteiger partial charge in [-0.25, -0.2) is 31.3 Å². The molecule has 0 radical (unpaired) electrons. The predicted octanol–water partition coefficient (Wildman–Crippen LogP) is 0.325. The van der Waals surface area contributed by atoms with Crippen LogP contribution in [0.15, 0.2) is 18.2 Å². The number of ether oxygens (including phenoxy) is 1. The van der Waals surface area contributed by atoms with Gasteiger partial charge in [-0.2, -0.15) is 9.99 Å². The summed E-state index contributed by atoms with van der Waals surface area (Å²) in [7, 11) is 0. The van der Waals surface area contributed by atoms with Gasteiger partial charge in [-0.1, -0.05) is 6.07 Å². The van der Waals surface area contributed by atoms with Crippen LogP contribution in [0.4, 0.5) is 21.4 Å². The molecule has 0 saturated carbocycles. The number of amides is 4. The molecule has 0 spiro atoms. The Morgan fingerprint density at radius 3 is 2.16 bits per heavy atom. The van der Waals surface area contributed by atoms with Crippen LogP contribution >= 0.6 is 0 Å². The number of hydrogen-bond acceptors (Lipinski definition) is 7. The van der Waals surface area contributed by atoms with E-state index in [-0.39, 0.29) is 11.8 Å². The minimum Gasteiger partial charge on any atom is -0.487 e. The zero-order valence-electron chi connectivity index (χ0n) is 14.1. The fourth-order valence-corrected chi connectivity index (χ4v) is 2.02. The molecule has 0 aliphatic rings. The summed E-state index contributed by atoms with van der Waals surface area (Å²) in [5, 5.41) is 1.47. The van der Waals surface area contributed by atoms with Gasteiger partial charge in [0.05, 0.1) is 10.9 Å². The molecule has 0 saturated heterocycles. The summed E-state index contributed by atoms with van der Waals surface area (Å²) in [6, 6.07) is 3.00. The van der Waals surface area contributed by atoms with Gasteiger partial charge in [0.2, 0.25) is 0 Å². The van der Waals surface area contributed by atoms with Crippen LogP contribution < -0.4 is 37.9 Å². The van der Waals surface area contributed by atoms with E-state index in [1.54, 1.807) is 18.2 Å². The predicted molar refractivity (Wildman–Crippen MR) is 92.4 cm³/mol. The van der Waals surface area contributed by atoms with Gasteiger partial charge >= 0.3 is 12.1 Å². The van der Waals surface area contributed by atoms with Crippen molar-refractivity contribution in [3.05, 3.63) is 18.2 Å². The quantitative estimate of drug-likeness (QED) is 0.350. The van der Waals surface area contributed by atoms with E-state index in [4.69, 9.17) is 27.9 Å². The zero-order valence-corrected chi connectivity index (χ0v) is 14.1. The molecule has 1 heterocycles. The summed E-state index contributed by atoms with van der Waals surface area (Å²) in [5.41, 5.74) is 10.2. The lowest BCUT2D eigenvalue weighted by atomic mass is 10.1. The second-order valence-electron chi connectivity index (χ2n) is 6.13. The molecule has 2 aromatic rings. The molecule has 2 rings (SSSR count). The molecule has 0 unspecified atom stereocenters. The number of fused-ring (bicyclic) bond motifs is 1. The van der Waals surface area contributed by atoms with Gasteiger partial charge in [0.25, 0.3) is 5.95 Å². The maximum atomic E-state index is 11.5. The van der Waals surface area contributed by atoms with Crippen molar-refractivity contribution in [2.75, 3.05) is 10.0 Å². The van der Waals surface area contributed by atoms with Crippen LogP contribution in [0.1, 0.15) is 20.8 Å². The van der Waals surface area contributed by atoms with E-state index in [1.807, 2.05) is 20.8 Å². The Balaban J connectivity index is 2.79. The molecule has 0 bridgehead atoms. The monoisotopic (exact) mass is 348 g/mol. The van der Waals surface area contributed by atoms with Crippen molar-refractivity contribution in [2.24, 2.45) is 23.2 Å². The Morgan fingerprint density at radius 2 is 1.64 bits per heavy atom. The molecular formula is C14H20N8O3. The molecule has 0 aliphatic carbocycles. The highest BCUT2D eigenvalue weighted by Gasteiger charge is 2.24. The molecular weight excluding hydrogens is 328 g/mol. The second kappa shape index (κ2) is 6.37. The summed E-state index contributed by atoms with van der Waals surface area (Å²) in [4.78, 5) is 31.0. The smallest absolute Gasteiger partial charge is 0.336 e. The molecule has 1 aromatic carbocycles. The number of hydrogen-bond donors (Lipinski definition) is 4. The minimum absolute atomic E-state index is 0.0796. The number of hydrazine groups is 2. The summed E-state index contributed by atoms with van der Waals surface area (Å²) < 4.78 is 5.88. The van der Waals surface area contributed by atoms with Gasteiger partial charge < -0.3 is 16.2 Å². The van der Waals surface area contributed by atoms with E-state index in [9.17, 15) is 9.59 Å². The van der Waals surface area contributed by atoms with Gasteiger partial charge in [0.15, 0.2) is 5.82 Å². The van der Waals surface area contributed by atoms with Crippen molar-refractivity contribution in [3.63, 3.8) is 0 Å². The van der Waals surface area contributed by atoms with E-state index in [2.05, 4.69) is 9.97 Å². The number of nitrogens with two attached hydrogens (primary N) is 4. The minimum atomic E-state index is -0.991. The number of urea groups is 2. The fourth-order valence-electron chi connectivity index (χ4n) is 2.02. The summed E-state index contributed by atoms with van der Waals surface area (Å²) in [5.74, 6) is 11.3. The Morgan fingerprint density at radius 1 is 1.04 bits per heavy atom. The summed E-state index contributed by atoms with van der Waals surface area (Å²) in [6.07, 6.45) is 0. The first kappa shape index (κ1) is 18.2. The number of carbonyl (C=O) groups is 2. The third kappa shape index (κ3) is 3.84. The number of carbonyl (C=O) groups excluding carboxylic acids is 2. The molecule has 11 heteroatoms. The lowest BCUT2D eigenvalue weighted by Crippen LogP contribution is -2.45. The molecule has 11 nitrogen and oxygen atoms in total. The molecule has 8 N–H and O–H groups in total. The number of anilines is 2. The number of rotatable bonds is 3. The van der Waals surface area contributed by atoms with Gasteiger partial charge in [-0.05, 0) is 32.9 Å². The lowest BCUT2D eigenvalue weighted by Gasteiger charge is -2.24. The Hall–Kier alpha value is -3.18. The van der Waals surface area contributed by atoms with Crippen LogP contribution in [0.5, 0.6) is 5.75 Å². The largest absolute Gasteiger partial charge is 0.487 e. The average molecular weight is 348 g/mol. The molecule has 0 atom stereocenters. The standard InChI is InChI=1S/C14H20N8O3/c1-14(2,3)25-8-6-4-5-7-9(8)10(21(17)11(15)23)20-13(19-7)22(18)12(16)24/h4-6H,17-18H2,1-3H3,(H2,15,23)(H2,16,24). The van der Waals surface area contributed by atoms with E-state index >= 15 is 0 Å². The van der Waals surface area contributed by atoms with Crippen LogP contribution in [-0.4, -0.2) is 27.6 Å². The van der Waals surface area contributed by atoms with Crippen molar-refractivity contribution in [1.29, 1.82) is 0 Å². The fraction of sp³-hybridized carbons (Fsp3) is 0.286. The first-order valence-corrected chi connectivity index (χ1v) is 7.19. The maximum Gasteiger partial charge on any atom is 0.336 e. The van der Waals surface area contributed by atoms with Crippen molar-refractivity contribution in [2.45, 2.75) is 26.4 Å². The van der Waals surface area contributed by atoms with Gasteiger partial charge in [0, 0.05) is 0 Å². The van der Waals surface area contributed by atoms with Crippen molar-refractivity contribution < 1.29 is 14.3 Å². The summed E-state index contributed by atoms with van der Waals surface area (Å²) >= 11 is 0. The van der Waals surface area contributed by atoms with Crippen molar-refractivity contribution in [3.8, 4) is 5.75 Å². The normalized spacial score (nSPS) is 11.2. The highest BCUT2D eigenvalue weighted by atomic mass is 16.5. The van der Waals surface area contributed by atoms with Gasteiger partial charge in [0.1, 0.15) is 11.4 Å². The van der Waals surface area contributed by atoms with Crippen LogP contribution in [0, 0.1) is 0 Å². The van der Waals surface area contributed by atoms with E-state index in [0.29, 0.717) is 26.7 Å². The van der Waals surface area contributed by atoms with Gasteiger partial charge in [-0.15, -0.1) is 0 Å². The molecule has 0 aliphatic heterocycles. The summed E-state index contributed by atoms with van der Waals surface area (Å²) in [6.45, 7) is 5.55. The Bertz CT molecular complexity index is 833. The topological polar surface area (TPSA) is 180 Å². The second-order valence-corrected chi connectivity index (χ2v) is 6.13. The maximum absolute atomic E-state index is 11.5. The van der Waals surface area contributed by atoms with E-state index in [1.165, 1.54) is 0 Å². The first-order valence-electron chi connectivity index (χ1n) is 7.19. The van der Waals surface area contributed by atoms with Crippen LogP contribution in [0.25, 0.3) is 10.9 Å². The highest BCUT2D eigenvalue weighted by Crippen LogP contribution is 2.34. The van der Waals surface area contributed by atoms with Crippen molar-refractivity contribution in [1.82, 2.24) is 9.97 Å². The first-order chi connectivity index (χ1) is 11.5. The number of primary amides is 2. The lowest BCUT2D eigenvalue weighted by molar-refractivity contribution is 0.133. The zero-order chi connectivity index (χ0) is 18.9. The third-order valence-electron chi connectivity index (χ3n) is 2.99. The number of nitrogens with zero attached hydrogens (tertiary/aromatic N) is 4. The molecule has 134 valence electrons. The average Bonchev–Trinajstić information content (AvgIpc) is 2.50. The van der Waals surface area contributed by atoms with Gasteiger partial charge in [-0.3, -0.25) is 0 Å². The highest BCUT2D eigenvalue weighted by molar-refractivity contribution is 6.03. The van der Waals surface area contributed by atoms with Crippen LogP contribution in [-0.2, 0) is 0 Å². The Kier molecular flexibility index (Phi) is 4.63. The van der Waals surface area contributed by atoms with Crippen molar-refractivity contribution >= 4 is 34.7 Å². The molecule has 25 heavy (non-hydrogen) atoms. The van der Waals surface area contributed by atoms with Crippen LogP contribution in [0.2, 0.25) is 0 Å². The SMILES string of the molecule is CC(C)(C)Oc1cccc2nc(N(N)C(N)=O)nc(N(N)C(N)=O)c12. The Labute approximate surface area is 143 Å². The molecule has 0 fully saturated rings. The van der Waals surface area contributed by atoms with Crippen LogP contribution in [0.3, 0.4) is 0 Å². The molecule has 1 aromatic heterocycles. The molecule has 4 amide bonds. The van der Waals surface area contributed by atoms with E-state index in [0.717, 1.165) is 0 Å². The third-order valence-corrected chi connectivity index (χ3v) is 2.99.